The summed E-state index contributed by atoms with van der Waals surface area (Å²) in [7, 11) is 0. The second-order valence-corrected chi connectivity index (χ2v) is 5.51. The monoisotopic (exact) mass is 296 g/mol. The molecule has 1 aliphatic heterocycles. The minimum absolute atomic E-state index is 0.235. The Kier molecular flexibility index (Phi) is 4.71. The zero-order valence-corrected chi connectivity index (χ0v) is 12.4. The highest BCUT2D eigenvalue weighted by molar-refractivity contribution is 5.68. The highest BCUT2D eigenvalue weighted by Crippen LogP contribution is 2.12. The molecule has 22 heavy (non-hydrogen) atoms. The van der Waals surface area contributed by atoms with Crippen molar-refractivity contribution < 1.29 is 9.53 Å². The lowest BCUT2D eigenvalue weighted by Crippen LogP contribution is -2.59. The number of hydrogen-bond donors (Lipinski definition) is 1. The molecule has 0 radical (unpaired) electrons. The Labute approximate surface area is 130 Å². The van der Waals surface area contributed by atoms with E-state index in [9.17, 15) is 4.79 Å². The van der Waals surface area contributed by atoms with Crippen LogP contribution in [-0.4, -0.2) is 30.1 Å². The van der Waals surface area contributed by atoms with Crippen molar-refractivity contribution in [2.24, 2.45) is 0 Å². The summed E-state index contributed by atoms with van der Waals surface area (Å²) in [6, 6.07) is 20.4. The zero-order chi connectivity index (χ0) is 15.2. The summed E-state index contributed by atoms with van der Waals surface area (Å²) in [5, 5.41) is 3.44. The normalized spacial score (nSPS) is 14.5. The number of carbonyl (C=O) groups excluding carboxylic acids is 1. The first-order chi connectivity index (χ1) is 10.8. The largest absolute Gasteiger partial charge is 0.445 e. The van der Waals surface area contributed by atoms with Crippen LogP contribution in [0.4, 0.5) is 4.79 Å². The summed E-state index contributed by atoms with van der Waals surface area (Å²) in [6.07, 6.45) is -0.235. The Balaban J connectivity index is 1.35. The minimum Gasteiger partial charge on any atom is -0.445 e. The number of benzene rings is 2. The second-order valence-electron chi connectivity index (χ2n) is 5.51. The lowest BCUT2D eigenvalue weighted by Gasteiger charge is -2.38. The molecule has 2 aromatic carbocycles. The lowest BCUT2D eigenvalue weighted by molar-refractivity contribution is 0.0600. The fraction of sp³-hybridized carbons (Fsp3) is 0.278. The molecule has 114 valence electrons. The molecule has 0 aromatic heterocycles. The maximum absolute atomic E-state index is 11.9. The molecule has 1 aliphatic rings. The van der Waals surface area contributed by atoms with Crippen LogP contribution in [0.15, 0.2) is 60.7 Å². The standard InChI is InChI=1S/C18H20N2O2/c21-18(22-14-16-9-5-2-6-10-16)20-12-17(13-20)19-11-15-7-3-1-4-8-15/h1-10,17,19H,11-14H2. The van der Waals surface area contributed by atoms with Crippen molar-refractivity contribution in [2.45, 2.75) is 19.2 Å². The minimum atomic E-state index is -0.235. The molecule has 0 aliphatic carbocycles. The number of likely N-dealkylation sites (tertiary alicyclic amines) is 1. The topological polar surface area (TPSA) is 41.6 Å². The average Bonchev–Trinajstić information content (AvgIpc) is 2.53. The van der Waals surface area contributed by atoms with E-state index in [1.54, 1.807) is 4.90 Å². The van der Waals surface area contributed by atoms with Crippen LogP contribution in [0.2, 0.25) is 0 Å². The van der Waals surface area contributed by atoms with E-state index in [1.165, 1.54) is 5.56 Å². The van der Waals surface area contributed by atoms with Gasteiger partial charge in [-0.3, -0.25) is 0 Å². The zero-order valence-electron chi connectivity index (χ0n) is 12.4. The molecule has 0 saturated carbocycles. The summed E-state index contributed by atoms with van der Waals surface area (Å²) in [4.78, 5) is 13.6. The fourth-order valence-corrected chi connectivity index (χ4v) is 2.43. The predicted molar refractivity (Wildman–Crippen MR) is 85.3 cm³/mol. The molecule has 0 unspecified atom stereocenters. The van der Waals surface area contributed by atoms with E-state index in [0.29, 0.717) is 25.7 Å². The van der Waals surface area contributed by atoms with Crippen LogP contribution in [0.1, 0.15) is 11.1 Å². The van der Waals surface area contributed by atoms with E-state index in [-0.39, 0.29) is 6.09 Å². The molecule has 1 heterocycles. The molecule has 0 bridgehead atoms. The van der Waals surface area contributed by atoms with Gasteiger partial charge in [0, 0.05) is 25.7 Å². The van der Waals surface area contributed by atoms with Crippen molar-refractivity contribution in [1.82, 2.24) is 10.2 Å². The van der Waals surface area contributed by atoms with Gasteiger partial charge in [-0.1, -0.05) is 60.7 Å². The van der Waals surface area contributed by atoms with E-state index in [0.717, 1.165) is 12.1 Å². The summed E-state index contributed by atoms with van der Waals surface area (Å²) in [5.41, 5.74) is 2.27. The lowest BCUT2D eigenvalue weighted by atomic mass is 10.1. The van der Waals surface area contributed by atoms with Crippen LogP contribution in [-0.2, 0) is 17.9 Å². The quantitative estimate of drug-likeness (QED) is 0.922. The summed E-state index contributed by atoms with van der Waals surface area (Å²) in [5.74, 6) is 0. The summed E-state index contributed by atoms with van der Waals surface area (Å²) in [6.45, 7) is 2.58. The molecule has 1 saturated heterocycles. The third kappa shape index (κ3) is 3.86. The summed E-state index contributed by atoms with van der Waals surface area (Å²) < 4.78 is 5.30. The molecule has 4 nitrogen and oxygen atoms in total. The van der Waals surface area contributed by atoms with Crippen LogP contribution in [0.3, 0.4) is 0 Å². The number of ether oxygens (including phenoxy) is 1. The summed E-state index contributed by atoms with van der Waals surface area (Å²) >= 11 is 0. The van der Waals surface area contributed by atoms with Gasteiger partial charge in [-0.2, -0.15) is 0 Å². The van der Waals surface area contributed by atoms with E-state index in [4.69, 9.17) is 4.74 Å². The number of nitrogens with zero attached hydrogens (tertiary/aromatic N) is 1. The van der Waals surface area contributed by atoms with Crippen LogP contribution in [0.25, 0.3) is 0 Å². The fourth-order valence-electron chi connectivity index (χ4n) is 2.43. The molecule has 1 fully saturated rings. The molecule has 4 heteroatoms. The highest BCUT2D eigenvalue weighted by atomic mass is 16.6. The number of hydrogen-bond acceptors (Lipinski definition) is 3. The van der Waals surface area contributed by atoms with Gasteiger partial charge in [0.05, 0.1) is 0 Å². The Morgan fingerprint density at radius 1 is 1.00 bits per heavy atom. The predicted octanol–water partition coefficient (Wildman–Crippen LogP) is 2.80. The van der Waals surface area contributed by atoms with Crippen molar-refractivity contribution in [3.05, 3.63) is 71.8 Å². The van der Waals surface area contributed by atoms with Crippen LogP contribution in [0.5, 0.6) is 0 Å². The Bertz CT molecular complexity index is 595. The van der Waals surface area contributed by atoms with Crippen molar-refractivity contribution in [2.75, 3.05) is 13.1 Å². The SMILES string of the molecule is O=C(OCc1ccccc1)N1CC(NCc2ccccc2)C1. The second kappa shape index (κ2) is 7.09. The van der Waals surface area contributed by atoms with Gasteiger partial charge in [0.25, 0.3) is 0 Å². The van der Waals surface area contributed by atoms with Crippen LogP contribution < -0.4 is 5.32 Å². The average molecular weight is 296 g/mol. The number of amides is 1. The molecular weight excluding hydrogens is 276 g/mol. The van der Waals surface area contributed by atoms with Gasteiger partial charge < -0.3 is 15.0 Å². The molecular formula is C18H20N2O2. The smallest absolute Gasteiger partial charge is 0.410 e. The maximum atomic E-state index is 11.9. The molecule has 1 amide bonds. The van der Waals surface area contributed by atoms with Gasteiger partial charge in [-0.25, -0.2) is 4.79 Å². The van der Waals surface area contributed by atoms with Crippen molar-refractivity contribution >= 4 is 6.09 Å². The van der Waals surface area contributed by atoms with Gasteiger partial charge >= 0.3 is 6.09 Å². The Morgan fingerprint density at radius 2 is 1.59 bits per heavy atom. The van der Waals surface area contributed by atoms with Crippen LogP contribution >= 0.6 is 0 Å². The van der Waals surface area contributed by atoms with Gasteiger partial charge in [-0.15, -0.1) is 0 Å². The van der Waals surface area contributed by atoms with E-state index in [1.807, 2.05) is 48.5 Å². The molecule has 3 rings (SSSR count). The maximum Gasteiger partial charge on any atom is 0.410 e. The molecule has 1 N–H and O–H groups in total. The van der Waals surface area contributed by atoms with E-state index < -0.39 is 0 Å². The van der Waals surface area contributed by atoms with E-state index >= 15 is 0 Å². The van der Waals surface area contributed by atoms with Gasteiger partial charge in [0.2, 0.25) is 0 Å². The number of nitrogens with one attached hydrogen (secondary N) is 1. The highest BCUT2D eigenvalue weighted by Gasteiger charge is 2.31. The van der Waals surface area contributed by atoms with Gasteiger partial charge in [0.1, 0.15) is 6.61 Å². The third-order valence-electron chi connectivity index (χ3n) is 3.78. The van der Waals surface area contributed by atoms with Crippen molar-refractivity contribution in [1.29, 1.82) is 0 Å². The molecule has 0 atom stereocenters. The molecule has 2 aromatic rings. The molecule has 0 spiro atoms. The van der Waals surface area contributed by atoms with Crippen LogP contribution in [0, 0.1) is 0 Å². The Morgan fingerprint density at radius 3 is 2.23 bits per heavy atom. The first-order valence-corrected chi connectivity index (χ1v) is 7.54. The van der Waals surface area contributed by atoms with Crippen molar-refractivity contribution in [3.63, 3.8) is 0 Å². The first-order valence-electron chi connectivity index (χ1n) is 7.54. The van der Waals surface area contributed by atoms with Gasteiger partial charge in [0.15, 0.2) is 0 Å². The van der Waals surface area contributed by atoms with Gasteiger partial charge in [-0.05, 0) is 11.1 Å². The first kappa shape index (κ1) is 14.6. The number of carbonyl (C=O) groups is 1. The number of rotatable bonds is 5. The Hall–Kier alpha value is -2.33. The third-order valence-corrected chi connectivity index (χ3v) is 3.78. The van der Waals surface area contributed by atoms with E-state index in [2.05, 4.69) is 17.4 Å². The van der Waals surface area contributed by atoms with Crippen molar-refractivity contribution in [3.8, 4) is 0 Å².